The summed E-state index contributed by atoms with van der Waals surface area (Å²) in [4.78, 5) is 14.4. The highest BCUT2D eigenvalue weighted by molar-refractivity contribution is 7.89. The van der Waals surface area contributed by atoms with Crippen molar-refractivity contribution in [1.29, 1.82) is 0 Å². The van der Waals surface area contributed by atoms with E-state index < -0.39 is 15.7 Å². The highest BCUT2D eigenvalue weighted by Gasteiger charge is 2.50. The van der Waals surface area contributed by atoms with Crippen LogP contribution in [0.15, 0.2) is 29.2 Å². The van der Waals surface area contributed by atoms with E-state index >= 15 is 0 Å². The Hall–Kier alpha value is -1.44. The van der Waals surface area contributed by atoms with Crippen molar-refractivity contribution in [2.75, 3.05) is 26.2 Å². The Bertz CT molecular complexity index is 750. The maximum atomic E-state index is 13.1. The summed E-state index contributed by atoms with van der Waals surface area (Å²) in [5, 5.41) is 0. The van der Waals surface area contributed by atoms with Gasteiger partial charge in [0.15, 0.2) is 0 Å². The van der Waals surface area contributed by atoms with Gasteiger partial charge in [-0.3, -0.25) is 4.79 Å². The lowest BCUT2D eigenvalue weighted by molar-refractivity contribution is -0.140. The third kappa shape index (κ3) is 3.66. The number of likely N-dealkylation sites (tertiary alicyclic amines) is 1. The molecule has 1 amide bonds. The normalized spacial score (nSPS) is 20.8. The number of carbonyl (C=O) groups is 1. The average Bonchev–Trinajstić information content (AvgIpc) is 2.99. The molecule has 1 aromatic carbocycles. The van der Waals surface area contributed by atoms with Gasteiger partial charge in [-0.25, -0.2) is 8.42 Å². The van der Waals surface area contributed by atoms with Crippen molar-refractivity contribution in [2.45, 2.75) is 50.7 Å². The zero-order valence-electron chi connectivity index (χ0n) is 15.8. The Kier molecular flexibility index (Phi) is 5.42. The fourth-order valence-electron chi connectivity index (χ4n) is 3.75. The molecule has 1 aromatic rings. The van der Waals surface area contributed by atoms with Crippen molar-refractivity contribution in [2.24, 2.45) is 5.92 Å². The Morgan fingerprint density at radius 3 is 2.35 bits per heavy atom. The number of benzene rings is 1. The predicted octanol–water partition coefficient (Wildman–Crippen LogP) is 2.38. The number of sulfonamides is 1. The molecule has 0 saturated carbocycles. The fraction of sp³-hybridized carbons (Fsp3) is 0.632. The van der Waals surface area contributed by atoms with Gasteiger partial charge in [0.2, 0.25) is 15.9 Å². The van der Waals surface area contributed by atoms with Crippen LogP contribution in [0.5, 0.6) is 0 Å². The van der Waals surface area contributed by atoms with E-state index in [-0.39, 0.29) is 5.91 Å². The van der Waals surface area contributed by atoms with Gasteiger partial charge in [0.25, 0.3) is 0 Å². The molecule has 0 radical (unpaired) electrons. The van der Waals surface area contributed by atoms with Gasteiger partial charge >= 0.3 is 0 Å². The molecular weight excluding hydrogens is 352 g/mol. The van der Waals surface area contributed by atoms with Crippen molar-refractivity contribution in [3.05, 3.63) is 29.8 Å². The van der Waals surface area contributed by atoms with E-state index in [1.807, 2.05) is 37.8 Å². The number of rotatable bonds is 4. The summed E-state index contributed by atoms with van der Waals surface area (Å²) in [6.07, 6.45) is 1.56. The second-order valence-electron chi connectivity index (χ2n) is 7.66. The van der Waals surface area contributed by atoms with Crippen LogP contribution in [-0.2, 0) is 19.6 Å². The lowest BCUT2D eigenvalue weighted by atomic mass is 9.99. The highest BCUT2D eigenvalue weighted by Crippen LogP contribution is 2.38. The molecule has 0 aromatic heterocycles. The van der Waals surface area contributed by atoms with Gasteiger partial charge in [-0.2, -0.15) is 4.31 Å². The zero-order valence-corrected chi connectivity index (χ0v) is 16.6. The molecule has 6 nitrogen and oxygen atoms in total. The van der Waals surface area contributed by atoms with Gasteiger partial charge in [-0.05, 0) is 25.0 Å². The molecule has 2 saturated heterocycles. The van der Waals surface area contributed by atoms with Gasteiger partial charge in [-0.1, -0.05) is 31.5 Å². The maximum absolute atomic E-state index is 13.1. The Balaban J connectivity index is 1.76. The van der Waals surface area contributed by atoms with Crippen LogP contribution in [0.2, 0.25) is 0 Å². The van der Waals surface area contributed by atoms with Crippen LogP contribution < -0.4 is 0 Å². The quantitative estimate of drug-likeness (QED) is 0.804. The molecular formula is C19H28N2O4S. The number of aryl methyl sites for hydroxylation is 1. The molecule has 144 valence electrons. The average molecular weight is 381 g/mol. The molecule has 2 aliphatic heterocycles. The number of hydrogen-bond acceptors (Lipinski definition) is 4. The zero-order chi connectivity index (χ0) is 18.9. The summed E-state index contributed by atoms with van der Waals surface area (Å²) in [5.74, 6) is 0.459. The summed E-state index contributed by atoms with van der Waals surface area (Å²) >= 11 is 0. The van der Waals surface area contributed by atoms with E-state index in [4.69, 9.17) is 4.74 Å². The smallest absolute Gasteiger partial charge is 0.245 e. The Labute approximate surface area is 156 Å². The molecule has 0 aliphatic carbocycles. The number of ether oxygens (including phenoxy) is 1. The van der Waals surface area contributed by atoms with E-state index in [2.05, 4.69) is 0 Å². The minimum absolute atomic E-state index is 0.140. The first-order valence-electron chi connectivity index (χ1n) is 9.26. The first-order valence-corrected chi connectivity index (χ1v) is 10.7. The van der Waals surface area contributed by atoms with Crippen molar-refractivity contribution in [3.63, 3.8) is 0 Å². The van der Waals surface area contributed by atoms with E-state index in [0.717, 1.165) is 5.56 Å². The van der Waals surface area contributed by atoms with Gasteiger partial charge in [0.1, 0.15) is 5.72 Å². The molecule has 2 aliphatic rings. The predicted molar refractivity (Wildman–Crippen MR) is 99.0 cm³/mol. The Morgan fingerprint density at radius 1 is 1.15 bits per heavy atom. The lowest BCUT2D eigenvalue weighted by Crippen LogP contribution is -2.55. The second kappa shape index (κ2) is 7.29. The summed E-state index contributed by atoms with van der Waals surface area (Å²) in [6, 6.07) is 6.92. The molecule has 0 N–H and O–H groups in total. The van der Waals surface area contributed by atoms with Gasteiger partial charge in [0.05, 0.1) is 11.5 Å². The topological polar surface area (TPSA) is 66.9 Å². The highest BCUT2D eigenvalue weighted by atomic mass is 32.2. The molecule has 3 rings (SSSR count). The fourth-order valence-corrected chi connectivity index (χ4v) is 5.47. The van der Waals surface area contributed by atoms with Crippen molar-refractivity contribution >= 4 is 15.9 Å². The minimum atomic E-state index is -3.62. The Morgan fingerprint density at radius 2 is 1.77 bits per heavy atom. The van der Waals surface area contributed by atoms with Crippen LogP contribution in [0.1, 0.15) is 38.7 Å². The van der Waals surface area contributed by atoms with Crippen LogP contribution in [0.3, 0.4) is 0 Å². The van der Waals surface area contributed by atoms with Crippen LogP contribution in [0.4, 0.5) is 0 Å². The first kappa shape index (κ1) is 19.3. The number of carbonyl (C=O) groups excluding carboxylic acids is 1. The van der Waals surface area contributed by atoms with E-state index in [1.165, 1.54) is 4.31 Å². The summed E-state index contributed by atoms with van der Waals surface area (Å²) in [5.41, 5.74) is 0.200. The van der Waals surface area contributed by atoms with E-state index in [0.29, 0.717) is 56.3 Å². The van der Waals surface area contributed by atoms with Crippen molar-refractivity contribution in [3.8, 4) is 0 Å². The van der Waals surface area contributed by atoms with Crippen molar-refractivity contribution < 1.29 is 17.9 Å². The van der Waals surface area contributed by atoms with Gasteiger partial charge in [-0.15, -0.1) is 0 Å². The largest absolute Gasteiger partial charge is 0.358 e. The molecule has 2 fully saturated rings. The number of amides is 1. The third-order valence-electron chi connectivity index (χ3n) is 5.21. The molecule has 1 spiro atoms. The van der Waals surface area contributed by atoms with Gasteiger partial charge in [0, 0.05) is 38.9 Å². The molecule has 26 heavy (non-hydrogen) atoms. The van der Waals surface area contributed by atoms with Crippen molar-refractivity contribution in [1.82, 2.24) is 9.21 Å². The molecule has 0 bridgehead atoms. The van der Waals surface area contributed by atoms with Gasteiger partial charge < -0.3 is 9.64 Å². The molecule has 7 heteroatoms. The number of hydrogen-bond donors (Lipinski definition) is 0. The van der Waals surface area contributed by atoms with Crippen LogP contribution >= 0.6 is 0 Å². The standard InChI is InChI=1S/C19H28N2O4S/c1-15(2)14-18(22)20-10-8-19(9-11-20)21(12-13-25-19)26(23,24)17-6-4-16(3)5-7-17/h4-7,15H,8-14H2,1-3H3. The first-order chi connectivity index (χ1) is 12.2. The summed E-state index contributed by atoms with van der Waals surface area (Å²) in [7, 11) is -3.62. The lowest BCUT2D eigenvalue weighted by Gasteiger charge is -2.43. The maximum Gasteiger partial charge on any atom is 0.245 e. The monoisotopic (exact) mass is 380 g/mol. The van der Waals surface area contributed by atoms with Crippen LogP contribution in [0.25, 0.3) is 0 Å². The third-order valence-corrected chi connectivity index (χ3v) is 7.17. The van der Waals surface area contributed by atoms with Crippen LogP contribution in [-0.4, -0.2) is 55.5 Å². The number of nitrogens with zero attached hydrogens (tertiary/aromatic N) is 2. The minimum Gasteiger partial charge on any atom is -0.358 e. The number of piperidine rings is 1. The molecule has 0 unspecified atom stereocenters. The second-order valence-corrected chi connectivity index (χ2v) is 9.53. The summed E-state index contributed by atoms with van der Waals surface area (Å²) < 4.78 is 33.7. The molecule has 2 heterocycles. The van der Waals surface area contributed by atoms with E-state index in [1.54, 1.807) is 12.1 Å². The molecule has 0 atom stereocenters. The SMILES string of the molecule is Cc1ccc(S(=O)(=O)N2CCOC23CCN(C(=O)CC(C)C)CC3)cc1. The van der Waals surface area contributed by atoms with Crippen LogP contribution in [0, 0.1) is 12.8 Å². The van der Waals surface area contributed by atoms with E-state index in [9.17, 15) is 13.2 Å². The summed E-state index contributed by atoms with van der Waals surface area (Å²) in [6.45, 7) is 7.80.